The van der Waals surface area contributed by atoms with Crippen LogP contribution in [-0.2, 0) is 0 Å². The number of hydrogen-bond donors (Lipinski definition) is 0. The highest BCUT2D eigenvalue weighted by atomic mass is 32.2. The predicted octanol–water partition coefficient (Wildman–Crippen LogP) is 5.09. The zero-order valence-electron chi connectivity index (χ0n) is 11.8. The first-order valence-corrected chi connectivity index (χ1v) is 8.50. The molecule has 3 aromatic rings. The Morgan fingerprint density at radius 3 is 2.75 bits per heavy atom. The lowest BCUT2D eigenvalue weighted by molar-refractivity contribution is 1.11. The summed E-state index contributed by atoms with van der Waals surface area (Å²) in [7, 11) is 0. The summed E-state index contributed by atoms with van der Waals surface area (Å²) in [4.78, 5) is 9.93. The number of rotatable bonds is 3. The molecule has 0 N–H and O–H groups in total. The van der Waals surface area contributed by atoms with Gasteiger partial charge in [0, 0.05) is 10.9 Å². The quantitative estimate of drug-likeness (QED) is 0.498. The molecule has 0 radical (unpaired) electrons. The van der Waals surface area contributed by atoms with Crippen molar-refractivity contribution in [1.29, 1.82) is 0 Å². The van der Waals surface area contributed by atoms with Gasteiger partial charge in [-0.15, -0.1) is 23.1 Å². The molecule has 2 nitrogen and oxygen atoms in total. The van der Waals surface area contributed by atoms with E-state index in [2.05, 4.69) is 54.3 Å². The van der Waals surface area contributed by atoms with Gasteiger partial charge in [0.25, 0.3) is 0 Å². The minimum Gasteiger partial charge on any atom is -0.229 e. The number of nitrogens with zero attached hydrogens (tertiary/aromatic N) is 2. The Labute approximate surface area is 127 Å². The summed E-state index contributed by atoms with van der Waals surface area (Å²) in [6.07, 6.45) is 1.67. The summed E-state index contributed by atoms with van der Waals surface area (Å²) in [5.41, 5.74) is 5.16. The van der Waals surface area contributed by atoms with Gasteiger partial charge in [-0.25, -0.2) is 9.97 Å². The van der Waals surface area contributed by atoms with Crippen LogP contribution < -0.4 is 0 Å². The first kappa shape index (κ1) is 13.6. The van der Waals surface area contributed by atoms with E-state index in [1.165, 1.54) is 27.6 Å². The highest BCUT2D eigenvalue weighted by molar-refractivity contribution is 7.99. The highest BCUT2D eigenvalue weighted by Gasteiger charge is 2.13. The van der Waals surface area contributed by atoms with Crippen LogP contribution >= 0.6 is 23.1 Å². The molecule has 0 aliphatic carbocycles. The molecule has 2 aromatic heterocycles. The molecule has 1 aromatic carbocycles. The molecule has 20 heavy (non-hydrogen) atoms. The predicted molar refractivity (Wildman–Crippen MR) is 88.7 cm³/mol. The van der Waals surface area contributed by atoms with Crippen LogP contribution in [0.2, 0.25) is 0 Å². The largest absolute Gasteiger partial charge is 0.229 e. The van der Waals surface area contributed by atoms with E-state index in [4.69, 9.17) is 0 Å². The van der Waals surface area contributed by atoms with Gasteiger partial charge in [-0.05, 0) is 36.3 Å². The van der Waals surface area contributed by atoms with E-state index < -0.39 is 0 Å². The molecule has 0 unspecified atom stereocenters. The number of thioether (sulfide) groups is 1. The minimum atomic E-state index is 1.02. The molecule has 102 valence electrons. The van der Waals surface area contributed by atoms with E-state index in [0.717, 1.165) is 15.6 Å². The second-order valence-corrected chi connectivity index (χ2v) is 6.85. The van der Waals surface area contributed by atoms with Crippen LogP contribution in [-0.4, -0.2) is 15.7 Å². The lowest BCUT2D eigenvalue weighted by Gasteiger charge is -2.06. The van der Waals surface area contributed by atoms with Gasteiger partial charge in [0.05, 0.1) is 5.39 Å². The fraction of sp³-hybridized carbons (Fsp3) is 0.250. The topological polar surface area (TPSA) is 25.8 Å². The standard InChI is InChI=1S/C16H16N2S2/c1-4-19-15-14-13(8-20-16(14)18-9-17-15)12-6-5-10(2)11(3)7-12/h5-9H,4H2,1-3H3. The Bertz CT molecular complexity index is 762. The summed E-state index contributed by atoms with van der Waals surface area (Å²) in [5.74, 6) is 1.02. The molecule has 0 bridgehead atoms. The van der Waals surface area contributed by atoms with Gasteiger partial charge >= 0.3 is 0 Å². The zero-order chi connectivity index (χ0) is 14.1. The number of aromatic nitrogens is 2. The van der Waals surface area contributed by atoms with Crippen molar-refractivity contribution in [1.82, 2.24) is 9.97 Å². The second-order valence-electron chi connectivity index (χ2n) is 4.74. The normalized spacial score (nSPS) is 11.2. The SMILES string of the molecule is CCSc1ncnc2scc(-c3ccc(C)c(C)c3)c12. The molecular formula is C16H16N2S2. The van der Waals surface area contributed by atoms with Gasteiger partial charge in [-0.3, -0.25) is 0 Å². The molecule has 0 fully saturated rings. The monoisotopic (exact) mass is 300 g/mol. The lowest BCUT2D eigenvalue weighted by Crippen LogP contribution is -1.87. The van der Waals surface area contributed by atoms with Crippen LogP contribution in [0.3, 0.4) is 0 Å². The van der Waals surface area contributed by atoms with Gasteiger partial charge in [0.2, 0.25) is 0 Å². The first-order valence-electron chi connectivity index (χ1n) is 6.63. The first-order chi connectivity index (χ1) is 9.70. The summed E-state index contributed by atoms with van der Waals surface area (Å²) in [5, 5.41) is 4.49. The summed E-state index contributed by atoms with van der Waals surface area (Å²) in [6.45, 7) is 6.46. The van der Waals surface area contributed by atoms with Gasteiger partial charge in [0.1, 0.15) is 16.2 Å². The van der Waals surface area contributed by atoms with Crippen molar-refractivity contribution in [3.63, 3.8) is 0 Å². The maximum Gasteiger partial charge on any atom is 0.128 e. The number of aryl methyl sites for hydroxylation is 2. The molecule has 0 spiro atoms. The molecule has 0 aliphatic rings. The van der Waals surface area contributed by atoms with Gasteiger partial charge in [-0.1, -0.05) is 25.1 Å². The summed E-state index contributed by atoms with van der Waals surface area (Å²) < 4.78 is 0. The summed E-state index contributed by atoms with van der Waals surface area (Å²) >= 11 is 3.48. The van der Waals surface area contributed by atoms with E-state index >= 15 is 0 Å². The Balaban J connectivity index is 2.22. The molecule has 0 aliphatic heterocycles. The van der Waals surface area contributed by atoms with E-state index in [1.54, 1.807) is 29.4 Å². The van der Waals surface area contributed by atoms with Crippen LogP contribution in [0.1, 0.15) is 18.1 Å². The van der Waals surface area contributed by atoms with E-state index in [-0.39, 0.29) is 0 Å². The maximum absolute atomic E-state index is 4.45. The van der Waals surface area contributed by atoms with Crippen LogP contribution in [0.15, 0.2) is 34.9 Å². The van der Waals surface area contributed by atoms with Crippen molar-refractivity contribution < 1.29 is 0 Å². The molecular weight excluding hydrogens is 284 g/mol. The van der Waals surface area contributed by atoms with Crippen molar-refractivity contribution in [2.24, 2.45) is 0 Å². The van der Waals surface area contributed by atoms with Crippen LogP contribution in [0.5, 0.6) is 0 Å². The van der Waals surface area contributed by atoms with E-state index in [9.17, 15) is 0 Å². The fourth-order valence-corrected chi connectivity index (χ4v) is 3.94. The average Bonchev–Trinajstić information content (AvgIpc) is 2.87. The van der Waals surface area contributed by atoms with Crippen molar-refractivity contribution in [3.05, 3.63) is 41.0 Å². The zero-order valence-corrected chi connectivity index (χ0v) is 13.4. The molecule has 3 rings (SSSR count). The summed E-state index contributed by atoms with van der Waals surface area (Å²) in [6, 6.07) is 6.63. The second kappa shape index (κ2) is 5.54. The van der Waals surface area contributed by atoms with Crippen molar-refractivity contribution in [2.45, 2.75) is 25.8 Å². The number of thiophene rings is 1. The van der Waals surface area contributed by atoms with Gasteiger partial charge in [-0.2, -0.15) is 0 Å². The van der Waals surface area contributed by atoms with Gasteiger partial charge in [0.15, 0.2) is 0 Å². The Morgan fingerprint density at radius 2 is 2.00 bits per heavy atom. The Kier molecular flexibility index (Phi) is 3.76. The lowest BCUT2D eigenvalue weighted by atomic mass is 10.0. The molecule has 4 heteroatoms. The van der Waals surface area contributed by atoms with E-state index in [1.807, 2.05) is 0 Å². The molecule has 0 amide bonds. The Morgan fingerprint density at radius 1 is 1.15 bits per heavy atom. The Hall–Kier alpha value is -1.39. The van der Waals surface area contributed by atoms with Crippen LogP contribution in [0.4, 0.5) is 0 Å². The molecule has 0 saturated carbocycles. The third-order valence-corrected chi connectivity index (χ3v) is 5.19. The van der Waals surface area contributed by atoms with Crippen molar-refractivity contribution >= 4 is 33.3 Å². The number of hydrogen-bond acceptors (Lipinski definition) is 4. The van der Waals surface area contributed by atoms with Crippen molar-refractivity contribution in [3.8, 4) is 11.1 Å². The smallest absolute Gasteiger partial charge is 0.128 e. The number of benzene rings is 1. The van der Waals surface area contributed by atoms with E-state index in [0.29, 0.717) is 0 Å². The molecule has 0 saturated heterocycles. The number of fused-ring (bicyclic) bond motifs is 1. The maximum atomic E-state index is 4.45. The highest BCUT2D eigenvalue weighted by Crippen LogP contribution is 2.38. The third kappa shape index (κ3) is 2.34. The third-order valence-electron chi connectivity index (χ3n) is 3.43. The average molecular weight is 300 g/mol. The molecule has 0 atom stereocenters. The van der Waals surface area contributed by atoms with Crippen LogP contribution in [0, 0.1) is 13.8 Å². The molecule has 2 heterocycles. The van der Waals surface area contributed by atoms with Crippen LogP contribution in [0.25, 0.3) is 21.3 Å². The fourth-order valence-electron chi connectivity index (χ4n) is 2.22. The van der Waals surface area contributed by atoms with Gasteiger partial charge < -0.3 is 0 Å². The van der Waals surface area contributed by atoms with Crippen molar-refractivity contribution in [2.75, 3.05) is 5.75 Å². The minimum absolute atomic E-state index is 1.02.